The maximum atomic E-state index is 5.69. The van der Waals surface area contributed by atoms with Gasteiger partial charge in [-0.3, -0.25) is 0 Å². The van der Waals surface area contributed by atoms with Crippen molar-refractivity contribution in [2.45, 2.75) is 38.1 Å². The molecule has 64 valence electrons. The highest BCUT2D eigenvalue weighted by molar-refractivity contribution is 4.88. The molecule has 4 N–H and O–H groups in total. The van der Waals surface area contributed by atoms with Crippen molar-refractivity contribution in [2.75, 3.05) is 6.54 Å². The lowest BCUT2D eigenvalue weighted by Gasteiger charge is -2.06. The van der Waals surface area contributed by atoms with Crippen LogP contribution in [0.1, 0.15) is 32.1 Å². The second-order valence-electron chi connectivity index (χ2n) is 2.81. The first-order valence-corrected chi connectivity index (χ1v) is 4.20. The maximum Gasteiger partial charge on any atom is 0.0238 e. The van der Waals surface area contributed by atoms with Crippen molar-refractivity contribution in [1.82, 2.24) is 0 Å². The Hall–Kier alpha value is -0.520. The topological polar surface area (TPSA) is 52.0 Å². The van der Waals surface area contributed by atoms with E-state index in [1.165, 1.54) is 6.42 Å². The van der Waals surface area contributed by atoms with Crippen LogP contribution in [0.25, 0.3) is 0 Å². The first-order chi connectivity index (χ1) is 5.31. The third-order valence-corrected chi connectivity index (χ3v) is 1.66. The van der Waals surface area contributed by atoms with Crippen LogP contribution in [0, 0.1) is 12.3 Å². The number of terminal acetylenes is 1. The molecule has 0 aliphatic rings. The first-order valence-electron chi connectivity index (χ1n) is 4.20. The highest BCUT2D eigenvalue weighted by Gasteiger charge is 1.98. The van der Waals surface area contributed by atoms with Gasteiger partial charge in [-0.05, 0) is 19.4 Å². The van der Waals surface area contributed by atoms with Crippen molar-refractivity contribution in [3.05, 3.63) is 0 Å². The minimum Gasteiger partial charge on any atom is -0.330 e. The summed E-state index contributed by atoms with van der Waals surface area (Å²) < 4.78 is 0. The van der Waals surface area contributed by atoms with Gasteiger partial charge in [0.15, 0.2) is 0 Å². The second kappa shape index (κ2) is 7.59. The Balaban J connectivity index is 3.05. The maximum absolute atomic E-state index is 5.69. The largest absolute Gasteiger partial charge is 0.330 e. The van der Waals surface area contributed by atoms with E-state index in [0.29, 0.717) is 6.42 Å². The predicted molar refractivity (Wildman–Crippen MR) is 48.9 cm³/mol. The van der Waals surface area contributed by atoms with Crippen LogP contribution >= 0.6 is 0 Å². The monoisotopic (exact) mass is 154 g/mol. The predicted octanol–water partition coefficient (Wildman–Crippen LogP) is 0.856. The van der Waals surface area contributed by atoms with E-state index in [0.717, 1.165) is 25.8 Å². The summed E-state index contributed by atoms with van der Waals surface area (Å²) >= 11 is 0. The van der Waals surface area contributed by atoms with E-state index in [9.17, 15) is 0 Å². The molecule has 2 nitrogen and oxygen atoms in total. The summed E-state index contributed by atoms with van der Waals surface area (Å²) in [4.78, 5) is 0. The highest BCUT2D eigenvalue weighted by Crippen LogP contribution is 2.03. The van der Waals surface area contributed by atoms with Crippen LogP contribution in [0.2, 0.25) is 0 Å². The molecule has 0 bridgehead atoms. The van der Waals surface area contributed by atoms with Crippen molar-refractivity contribution in [3.8, 4) is 12.3 Å². The second-order valence-corrected chi connectivity index (χ2v) is 2.81. The van der Waals surface area contributed by atoms with Crippen molar-refractivity contribution in [2.24, 2.45) is 11.5 Å². The van der Waals surface area contributed by atoms with Crippen LogP contribution in [0.4, 0.5) is 0 Å². The molecule has 0 saturated heterocycles. The first kappa shape index (κ1) is 10.5. The Bertz CT molecular complexity index is 115. The molecule has 0 saturated carbocycles. The summed E-state index contributed by atoms with van der Waals surface area (Å²) in [6, 6.07) is 0.192. The van der Waals surface area contributed by atoms with Crippen LogP contribution in [-0.4, -0.2) is 12.6 Å². The zero-order valence-electron chi connectivity index (χ0n) is 7.05. The molecule has 0 aliphatic heterocycles. The van der Waals surface area contributed by atoms with Crippen molar-refractivity contribution < 1.29 is 0 Å². The van der Waals surface area contributed by atoms with Gasteiger partial charge in [-0.2, -0.15) is 0 Å². The van der Waals surface area contributed by atoms with E-state index < -0.39 is 0 Å². The molecule has 0 aromatic carbocycles. The van der Waals surface area contributed by atoms with Gasteiger partial charge in [0.25, 0.3) is 0 Å². The van der Waals surface area contributed by atoms with Gasteiger partial charge in [0.05, 0.1) is 0 Å². The number of hydrogen-bond donors (Lipinski definition) is 2. The van der Waals surface area contributed by atoms with Crippen LogP contribution in [0.3, 0.4) is 0 Å². The summed E-state index contributed by atoms with van der Waals surface area (Å²) in [5.74, 6) is 2.56. The molecule has 0 radical (unpaired) electrons. The summed E-state index contributed by atoms with van der Waals surface area (Å²) in [5.41, 5.74) is 11.0. The summed E-state index contributed by atoms with van der Waals surface area (Å²) in [6.45, 7) is 0.782. The lowest BCUT2D eigenvalue weighted by atomic mass is 10.1. The zero-order valence-corrected chi connectivity index (χ0v) is 7.05. The Labute approximate surface area is 69.3 Å². The fourth-order valence-electron chi connectivity index (χ4n) is 0.981. The Morgan fingerprint density at radius 3 is 2.55 bits per heavy atom. The van der Waals surface area contributed by atoms with Crippen molar-refractivity contribution in [1.29, 1.82) is 0 Å². The van der Waals surface area contributed by atoms with E-state index >= 15 is 0 Å². The van der Waals surface area contributed by atoms with Crippen LogP contribution in [-0.2, 0) is 0 Å². The molecule has 0 rings (SSSR count). The van der Waals surface area contributed by atoms with Crippen LogP contribution in [0.5, 0.6) is 0 Å². The summed E-state index contributed by atoms with van der Waals surface area (Å²) in [7, 11) is 0. The van der Waals surface area contributed by atoms with Gasteiger partial charge in [0.2, 0.25) is 0 Å². The van der Waals surface area contributed by atoms with Crippen molar-refractivity contribution in [3.63, 3.8) is 0 Å². The summed E-state index contributed by atoms with van der Waals surface area (Å²) in [5, 5.41) is 0. The van der Waals surface area contributed by atoms with Crippen LogP contribution in [0.15, 0.2) is 0 Å². The average molecular weight is 154 g/mol. The average Bonchev–Trinajstić information content (AvgIpc) is 1.99. The van der Waals surface area contributed by atoms with Gasteiger partial charge in [0, 0.05) is 12.5 Å². The minimum atomic E-state index is 0.192. The van der Waals surface area contributed by atoms with E-state index in [1.54, 1.807) is 0 Å². The molecule has 1 atom stereocenters. The quantitative estimate of drug-likeness (QED) is 0.440. The van der Waals surface area contributed by atoms with Gasteiger partial charge < -0.3 is 11.5 Å². The SMILES string of the molecule is C#CCC(N)CCCCCN. The molecule has 0 amide bonds. The molecule has 0 aromatic heterocycles. The van der Waals surface area contributed by atoms with E-state index in [2.05, 4.69) is 5.92 Å². The Morgan fingerprint density at radius 1 is 1.27 bits per heavy atom. The number of nitrogens with two attached hydrogens (primary N) is 2. The molecule has 1 unspecified atom stereocenters. The van der Waals surface area contributed by atoms with Gasteiger partial charge in [0.1, 0.15) is 0 Å². The number of rotatable bonds is 6. The molecule has 0 aliphatic carbocycles. The molecule has 0 heterocycles. The lowest BCUT2D eigenvalue weighted by Crippen LogP contribution is -2.18. The fraction of sp³-hybridized carbons (Fsp3) is 0.778. The van der Waals surface area contributed by atoms with Gasteiger partial charge in [-0.1, -0.05) is 12.8 Å². The zero-order chi connectivity index (χ0) is 8.53. The van der Waals surface area contributed by atoms with Crippen LogP contribution < -0.4 is 11.5 Å². The van der Waals surface area contributed by atoms with E-state index in [-0.39, 0.29) is 6.04 Å². The molecule has 11 heavy (non-hydrogen) atoms. The van der Waals surface area contributed by atoms with Gasteiger partial charge >= 0.3 is 0 Å². The molecular formula is C9H18N2. The van der Waals surface area contributed by atoms with Crippen molar-refractivity contribution >= 4 is 0 Å². The van der Waals surface area contributed by atoms with Gasteiger partial charge in [-0.15, -0.1) is 12.3 Å². The Kier molecular flexibility index (Phi) is 7.23. The van der Waals surface area contributed by atoms with E-state index in [4.69, 9.17) is 17.9 Å². The standard InChI is InChI=1S/C9H18N2/c1-2-6-9(11)7-4-3-5-8-10/h1,9H,3-8,10-11H2. The minimum absolute atomic E-state index is 0.192. The lowest BCUT2D eigenvalue weighted by molar-refractivity contribution is 0.562. The normalized spacial score (nSPS) is 12.5. The molecular weight excluding hydrogens is 136 g/mol. The molecule has 2 heteroatoms. The summed E-state index contributed by atoms with van der Waals surface area (Å²) in [6.07, 6.45) is 10.3. The molecule has 0 fully saturated rings. The third kappa shape index (κ3) is 7.38. The Morgan fingerprint density at radius 2 is 2.00 bits per heavy atom. The molecule has 0 aromatic rings. The number of unbranched alkanes of at least 4 members (excludes halogenated alkanes) is 2. The van der Waals surface area contributed by atoms with Gasteiger partial charge in [-0.25, -0.2) is 0 Å². The smallest absolute Gasteiger partial charge is 0.0238 e. The van der Waals surface area contributed by atoms with E-state index in [1.807, 2.05) is 0 Å². The fourth-order valence-corrected chi connectivity index (χ4v) is 0.981. The molecule has 0 spiro atoms. The number of hydrogen-bond acceptors (Lipinski definition) is 2. The highest BCUT2D eigenvalue weighted by atomic mass is 14.6. The third-order valence-electron chi connectivity index (χ3n) is 1.66.